The molecule has 0 saturated carbocycles. The molecule has 0 radical (unpaired) electrons. The minimum atomic E-state index is -4.07. The van der Waals surface area contributed by atoms with E-state index in [4.69, 9.17) is 25.8 Å². The molecule has 0 bridgehead atoms. The summed E-state index contributed by atoms with van der Waals surface area (Å²) in [5.41, 5.74) is 1.09. The summed E-state index contributed by atoms with van der Waals surface area (Å²) in [4.78, 5) is 13.1. The predicted octanol–water partition coefficient (Wildman–Crippen LogP) is 4.83. The maximum atomic E-state index is 13.5. The fourth-order valence-corrected chi connectivity index (χ4v) is 5.09. The van der Waals surface area contributed by atoms with Crippen molar-refractivity contribution in [3.63, 3.8) is 0 Å². The highest BCUT2D eigenvalue weighted by Crippen LogP contribution is 2.30. The van der Waals surface area contributed by atoms with Crippen LogP contribution >= 0.6 is 11.6 Å². The predicted molar refractivity (Wildman–Crippen MR) is 140 cm³/mol. The van der Waals surface area contributed by atoms with Gasteiger partial charge in [0.1, 0.15) is 12.3 Å². The molecular weight excluding hydrogens is 504 g/mol. The number of rotatable bonds is 11. The van der Waals surface area contributed by atoms with Gasteiger partial charge in [0.15, 0.2) is 11.5 Å². The lowest BCUT2D eigenvalue weighted by atomic mass is 10.1. The summed E-state index contributed by atoms with van der Waals surface area (Å²) < 4.78 is 44.2. The van der Waals surface area contributed by atoms with Crippen LogP contribution in [-0.2, 0) is 14.8 Å². The average Bonchev–Trinajstić information content (AvgIpc) is 2.87. The number of sulfonamides is 1. The Morgan fingerprint density at radius 1 is 0.972 bits per heavy atom. The number of amides is 1. The molecule has 0 aromatic heterocycles. The van der Waals surface area contributed by atoms with Gasteiger partial charge in [0.25, 0.3) is 10.0 Å². The Bertz CT molecular complexity index is 1280. The molecule has 0 aliphatic carbocycles. The van der Waals surface area contributed by atoms with Gasteiger partial charge < -0.3 is 19.5 Å². The molecule has 0 spiro atoms. The van der Waals surface area contributed by atoms with E-state index in [-0.39, 0.29) is 4.90 Å². The van der Waals surface area contributed by atoms with Crippen LogP contribution < -0.4 is 23.8 Å². The Balaban J connectivity index is 1.88. The molecule has 10 heteroatoms. The second-order valence-electron chi connectivity index (χ2n) is 7.80. The monoisotopic (exact) mass is 532 g/mol. The Morgan fingerprint density at radius 3 is 2.19 bits per heavy atom. The van der Waals surface area contributed by atoms with E-state index < -0.39 is 28.5 Å². The van der Waals surface area contributed by atoms with Gasteiger partial charge >= 0.3 is 0 Å². The fraction of sp³-hybridized carbons (Fsp3) is 0.269. The lowest BCUT2D eigenvalue weighted by Gasteiger charge is -2.25. The third-order valence-corrected chi connectivity index (χ3v) is 7.45. The van der Waals surface area contributed by atoms with Gasteiger partial charge in [0.2, 0.25) is 5.91 Å². The molecule has 0 aliphatic heterocycles. The van der Waals surface area contributed by atoms with Crippen molar-refractivity contribution in [2.75, 3.05) is 31.7 Å². The van der Waals surface area contributed by atoms with Crippen molar-refractivity contribution in [1.29, 1.82) is 0 Å². The minimum Gasteiger partial charge on any atom is -0.494 e. The van der Waals surface area contributed by atoms with Crippen LogP contribution in [0.1, 0.15) is 25.5 Å². The smallest absolute Gasteiger partial charge is 0.264 e. The quantitative estimate of drug-likeness (QED) is 0.380. The van der Waals surface area contributed by atoms with Crippen LogP contribution in [0.2, 0.25) is 5.02 Å². The Morgan fingerprint density at radius 2 is 1.61 bits per heavy atom. The van der Waals surface area contributed by atoms with E-state index in [2.05, 4.69) is 5.32 Å². The molecule has 36 heavy (non-hydrogen) atoms. The maximum Gasteiger partial charge on any atom is 0.264 e. The highest BCUT2D eigenvalue weighted by atomic mass is 35.5. The number of methoxy groups -OCH3 is 2. The van der Waals surface area contributed by atoms with Crippen molar-refractivity contribution in [1.82, 2.24) is 5.32 Å². The summed E-state index contributed by atoms with van der Waals surface area (Å²) in [5, 5.41) is 3.27. The zero-order chi connectivity index (χ0) is 26.3. The molecule has 8 nitrogen and oxygen atoms in total. The zero-order valence-corrected chi connectivity index (χ0v) is 22.1. The van der Waals surface area contributed by atoms with Crippen LogP contribution in [0.3, 0.4) is 0 Å². The molecule has 192 valence electrons. The Kier molecular flexibility index (Phi) is 9.06. The van der Waals surface area contributed by atoms with Crippen molar-refractivity contribution in [2.45, 2.75) is 24.8 Å². The van der Waals surface area contributed by atoms with Gasteiger partial charge in [0.05, 0.1) is 37.5 Å². The molecule has 1 atom stereocenters. The lowest BCUT2D eigenvalue weighted by Crippen LogP contribution is -2.41. The van der Waals surface area contributed by atoms with E-state index >= 15 is 0 Å². The lowest BCUT2D eigenvalue weighted by molar-refractivity contribution is -0.120. The number of hydrogen-bond donors (Lipinski definition) is 1. The molecule has 0 aliphatic rings. The number of nitrogens with zero attached hydrogens (tertiary/aromatic N) is 1. The molecule has 1 amide bonds. The zero-order valence-electron chi connectivity index (χ0n) is 20.5. The maximum absolute atomic E-state index is 13.5. The molecule has 0 saturated heterocycles. The van der Waals surface area contributed by atoms with Crippen molar-refractivity contribution < 1.29 is 27.4 Å². The van der Waals surface area contributed by atoms with Crippen molar-refractivity contribution in [3.8, 4) is 17.2 Å². The number of halogens is 1. The summed E-state index contributed by atoms with van der Waals surface area (Å²) in [6, 6.07) is 17.2. The molecule has 0 heterocycles. The normalized spacial score (nSPS) is 11.9. The van der Waals surface area contributed by atoms with Gasteiger partial charge in [-0.1, -0.05) is 17.7 Å². The van der Waals surface area contributed by atoms with Gasteiger partial charge in [-0.25, -0.2) is 8.42 Å². The molecule has 3 rings (SSSR count). The molecular formula is C26H29ClN2O6S. The van der Waals surface area contributed by atoms with Crippen LogP contribution in [-0.4, -0.2) is 41.7 Å². The van der Waals surface area contributed by atoms with Crippen LogP contribution in [0.25, 0.3) is 0 Å². The first-order valence-corrected chi connectivity index (χ1v) is 13.0. The van der Waals surface area contributed by atoms with Crippen LogP contribution in [0.4, 0.5) is 5.69 Å². The highest BCUT2D eigenvalue weighted by Gasteiger charge is 2.28. The van der Waals surface area contributed by atoms with E-state index in [1.165, 1.54) is 31.4 Å². The number of ether oxygens (including phenoxy) is 3. The van der Waals surface area contributed by atoms with E-state index in [1.54, 1.807) is 56.5 Å². The highest BCUT2D eigenvalue weighted by molar-refractivity contribution is 7.92. The van der Waals surface area contributed by atoms with E-state index in [9.17, 15) is 13.2 Å². The summed E-state index contributed by atoms with van der Waals surface area (Å²) in [7, 11) is -1.00. The molecule has 3 aromatic carbocycles. The van der Waals surface area contributed by atoms with E-state index in [0.717, 1.165) is 9.87 Å². The fourth-order valence-electron chi connectivity index (χ4n) is 3.55. The van der Waals surface area contributed by atoms with Crippen LogP contribution in [0.15, 0.2) is 71.6 Å². The number of carbonyl (C=O) groups is 1. The SMILES string of the molecule is CCOc1ccc(N(CC(=O)N[C@H](C)c2ccc(OC)c(OC)c2)S(=O)(=O)c2ccc(Cl)cc2)cc1. The average molecular weight is 533 g/mol. The van der Waals surface area contributed by atoms with Gasteiger partial charge in [-0.2, -0.15) is 0 Å². The topological polar surface area (TPSA) is 94.2 Å². The summed E-state index contributed by atoms with van der Waals surface area (Å²) in [5.74, 6) is 1.20. The van der Waals surface area contributed by atoms with Gasteiger partial charge in [-0.05, 0) is 80.1 Å². The Hall–Kier alpha value is -3.43. The van der Waals surface area contributed by atoms with Gasteiger partial charge in [-0.3, -0.25) is 9.10 Å². The third-order valence-electron chi connectivity index (χ3n) is 5.41. The van der Waals surface area contributed by atoms with Gasteiger partial charge in [0, 0.05) is 5.02 Å². The number of hydrogen-bond acceptors (Lipinski definition) is 6. The summed E-state index contributed by atoms with van der Waals surface area (Å²) in [6.45, 7) is 3.70. The van der Waals surface area contributed by atoms with Crippen LogP contribution in [0, 0.1) is 0 Å². The van der Waals surface area contributed by atoms with Crippen molar-refractivity contribution in [3.05, 3.63) is 77.3 Å². The number of anilines is 1. The van der Waals surface area contributed by atoms with Gasteiger partial charge in [-0.15, -0.1) is 0 Å². The molecule has 3 aromatic rings. The van der Waals surface area contributed by atoms with E-state index in [1.807, 2.05) is 6.92 Å². The first kappa shape index (κ1) is 27.2. The molecule has 0 fully saturated rings. The number of nitrogens with one attached hydrogen (secondary N) is 1. The van der Waals surface area contributed by atoms with Crippen molar-refractivity contribution in [2.24, 2.45) is 0 Å². The largest absolute Gasteiger partial charge is 0.494 e. The summed E-state index contributed by atoms with van der Waals surface area (Å²) in [6.07, 6.45) is 0. The number of carbonyl (C=O) groups excluding carboxylic acids is 1. The first-order valence-electron chi connectivity index (χ1n) is 11.2. The summed E-state index contributed by atoms with van der Waals surface area (Å²) >= 11 is 5.94. The molecule has 1 N–H and O–H groups in total. The van der Waals surface area contributed by atoms with E-state index in [0.29, 0.717) is 34.6 Å². The second kappa shape index (κ2) is 12.0. The second-order valence-corrected chi connectivity index (χ2v) is 10.1. The number of benzene rings is 3. The van der Waals surface area contributed by atoms with Crippen molar-refractivity contribution >= 4 is 33.2 Å². The molecule has 0 unspecified atom stereocenters. The first-order chi connectivity index (χ1) is 17.2. The van der Waals surface area contributed by atoms with Crippen LogP contribution in [0.5, 0.6) is 17.2 Å². The minimum absolute atomic E-state index is 0.0153. The Labute approximate surface area is 216 Å². The third kappa shape index (κ3) is 6.41. The standard InChI is InChI=1S/C26H29ClN2O6S/c1-5-35-22-11-9-21(10-12-22)29(36(31,32)23-13-7-20(27)8-14-23)17-26(30)28-18(2)19-6-15-24(33-3)25(16-19)34-4/h6-16,18H,5,17H2,1-4H3,(H,28,30)/t18-/m1/s1.